The second-order valence-corrected chi connectivity index (χ2v) is 6.77. The van der Waals surface area contributed by atoms with Gasteiger partial charge in [-0.2, -0.15) is 0 Å². The lowest BCUT2D eigenvalue weighted by Crippen LogP contribution is -2.52. The maximum absolute atomic E-state index is 12.8. The summed E-state index contributed by atoms with van der Waals surface area (Å²) in [7, 11) is 1.81. The monoisotopic (exact) mass is 319 g/mol. The van der Waals surface area contributed by atoms with Gasteiger partial charge in [-0.05, 0) is 30.9 Å². The van der Waals surface area contributed by atoms with Gasteiger partial charge in [-0.15, -0.1) is 0 Å². The normalized spacial score (nSPS) is 26.6. The minimum absolute atomic E-state index is 0.0180. The van der Waals surface area contributed by atoms with Crippen LogP contribution >= 0.6 is 0 Å². The Hall–Kier alpha value is -1.82. The van der Waals surface area contributed by atoms with Crippen molar-refractivity contribution in [3.8, 4) is 0 Å². The molecule has 3 heterocycles. The molecule has 6 nitrogen and oxygen atoms in total. The maximum atomic E-state index is 12.8. The molecule has 3 rings (SSSR count). The summed E-state index contributed by atoms with van der Waals surface area (Å²) in [4.78, 5) is 30.2. The van der Waals surface area contributed by atoms with Crippen LogP contribution in [0.3, 0.4) is 0 Å². The van der Waals surface area contributed by atoms with Crippen LogP contribution in [0.1, 0.15) is 31.6 Å². The van der Waals surface area contributed by atoms with Gasteiger partial charge in [-0.25, -0.2) is 0 Å². The number of rotatable bonds is 3. The number of amides is 2. The standard InChI is InChI=1S/C17H25N3O3/c1-13-5-6-20(14(10-13)15-4-3-9-23-15)17(22)12-19-8-7-18(2)16(21)11-19/h3-4,9,13-14H,5-8,10-12H2,1-2H3/t13-,14-/m1/s1. The number of likely N-dealkylation sites (N-methyl/N-ethyl adjacent to an activating group) is 1. The average Bonchev–Trinajstić information content (AvgIpc) is 3.05. The van der Waals surface area contributed by atoms with Gasteiger partial charge >= 0.3 is 0 Å². The summed E-state index contributed by atoms with van der Waals surface area (Å²) >= 11 is 0. The minimum Gasteiger partial charge on any atom is -0.467 e. The second kappa shape index (κ2) is 6.74. The third kappa shape index (κ3) is 3.58. The highest BCUT2D eigenvalue weighted by molar-refractivity contribution is 5.82. The molecule has 2 fully saturated rings. The second-order valence-electron chi connectivity index (χ2n) is 6.77. The fraction of sp³-hybridized carbons (Fsp3) is 0.647. The molecule has 0 N–H and O–H groups in total. The number of hydrogen-bond acceptors (Lipinski definition) is 4. The lowest BCUT2D eigenvalue weighted by molar-refractivity contribution is -0.141. The molecule has 0 bridgehead atoms. The van der Waals surface area contributed by atoms with Gasteiger partial charge in [0.05, 0.1) is 25.4 Å². The van der Waals surface area contributed by atoms with Crippen LogP contribution in [0.25, 0.3) is 0 Å². The molecule has 2 aliphatic heterocycles. The van der Waals surface area contributed by atoms with E-state index in [2.05, 4.69) is 6.92 Å². The molecule has 6 heteroatoms. The topological polar surface area (TPSA) is 57.0 Å². The van der Waals surface area contributed by atoms with Crippen LogP contribution in [0.2, 0.25) is 0 Å². The summed E-state index contributed by atoms with van der Waals surface area (Å²) in [6, 6.07) is 3.84. The fourth-order valence-corrected chi connectivity index (χ4v) is 3.41. The Morgan fingerprint density at radius 2 is 2.17 bits per heavy atom. The van der Waals surface area contributed by atoms with E-state index in [1.54, 1.807) is 18.2 Å². The molecular weight excluding hydrogens is 294 g/mol. The fourth-order valence-electron chi connectivity index (χ4n) is 3.41. The van der Waals surface area contributed by atoms with Crippen LogP contribution in [0.5, 0.6) is 0 Å². The Labute approximate surface area is 137 Å². The summed E-state index contributed by atoms with van der Waals surface area (Å²) < 4.78 is 5.55. The number of likely N-dealkylation sites (tertiary alicyclic amines) is 1. The Kier molecular flexibility index (Phi) is 4.71. The molecule has 126 valence electrons. The van der Waals surface area contributed by atoms with E-state index in [1.165, 1.54) is 0 Å². The molecule has 0 saturated carbocycles. The van der Waals surface area contributed by atoms with Gasteiger partial charge in [0.15, 0.2) is 0 Å². The van der Waals surface area contributed by atoms with E-state index in [9.17, 15) is 9.59 Å². The number of carbonyl (C=O) groups is 2. The number of piperidine rings is 1. The van der Waals surface area contributed by atoms with Gasteiger partial charge in [0.25, 0.3) is 0 Å². The van der Waals surface area contributed by atoms with Crippen molar-refractivity contribution in [2.24, 2.45) is 5.92 Å². The largest absolute Gasteiger partial charge is 0.467 e. The first kappa shape index (κ1) is 16.1. The predicted molar refractivity (Wildman–Crippen MR) is 85.6 cm³/mol. The minimum atomic E-state index is 0.0180. The molecule has 0 aliphatic carbocycles. The number of hydrogen-bond donors (Lipinski definition) is 0. The van der Waals surface area contributed by atoms with Crippen LogP contribution in [0.15, 0.2) is 22.8 Å². The summed E-state index contributed by atoms with van der Waals surface area (Å²) in [6.45, 7) is 5.06. The van der Waals surface area contributed by atoms with Crippen molar-refractivity contribution in [1.82, 2.24) is 14.7 Å². The highest BCUT2D eigenvalue weighted by atomic mass is 16.3. The smallest absolute Gasteiger partial charge is 0.237 e. The molecule has 2 aliphatic rings. The molecule has 23 heavy (non-hydrogen) atoms. The molecule has 0 spiro atoms. The predicted octanol–water partition coefficient (Wildman–Crippen LogP) is 1.35. The first-order chi connectivity index (χ1) is 11.0. The summed E-state index contributed by atoms with van der Waals surface area (Å²) in [6.07, 6.45) is 3.61. The third-order valence-corrected chi connectivity index (χ3v) is 4.95. The quantitative estimate of drug-likeness (QED) is 0.844. The van der Waals surface area contributed by atoms with Crippen molar-refractivity contribution in [3.05, 3.63) is 24.2 Å². The number of furan rings is 1. The van der Waals surface area contributed by atoms with E-state index in [1.807, 2.05) is 21.9 Å². The highest BCUT2D eigenvalue weighted by Crippen LogP contribution is 2.34. The van der Waals surface area contributed by atoms with Crippen molar-refractivity contribution >= 4 is 11.8 Å². The zero-order chi connectivity index (χ0) is 16.4. The summed E-state index contributed by atoms with van der Waals surface area (Å²) in [5, 5.41) is 0. The molecule has 0 radical (unpaired) electrons. The SMILES string of the molecule is C[C@@H]1CCN(C(=O)CN2CCN(C)C(=O)C2)[C@@H](c2ccco2)C1. The molecule has 1 aromatic heterocycles. The summed E-state index contributed by atoms with van der Waals surface area (Å²) in [5.41, 5.74) is 0. The number of nitrogens with zero attached hydrogens (tertiary/aromatic N) is 3. The molecule has 2 amide bonds. The lowest BCUT2D eigenvalue weighted by atomic mass is 9.91. The van der Waals surface area contributed by atoms with Crippen LogP contribution in [0, 0.1) is 5.92 Å². The van der Waals surface area contributed by atoms with Crippen LogP contribution in [-0.4, -0.2) is 66.3 Å². The molecular formula is C17H25N3O3. The molecule has 2 saturated heterocycles. The molecule has 0 aromatic carbocycles. The van der Waals surface area contributed by atoms with Gasteiger partial charge in [0.1, 0.15) is 5.76 Å². The van der Waals surface area contributed by atoms with E-state index < -0.39 is 0 Å². The molecule has 0 unspecified atom stereocenters. The van der Waals surface area contributed by atoms with Crippen molar-refractivity contribution in [2.75, 3.05) is 39.8 Å². The van der Waals surface area contributed by atoms with Crippen molar-refractivity contribution in [2.45, 2.75) is 25.8 Å². The molecule has 2 atom stereocenters. The zero-order valence-electron chi connectivity index (χ0n) is 13.9. The zero-order valence-corrected chi connectivity index (χ0v) is 13.9. The Morgan fingerprint density at radius 3 is 2.87 bits per heavy atom. The Morgan fingerprint density at radius 1 is 1.35 bits per heavy atom. The first-order valence-electron chi connectivity index (χ1n) is 8.34. The van der Waals surface area contributed by atoms with Gasteiger partial charge in [0, 0.05) is 26.7 Å². The van der Waals surface area contributed by atoms with Crippen molar-refractivity contribution < 1.29 is 14.0 Å². The van der Waals surface area contributed by atoms with Gasteiger partial charge in [0.2, 0.25) is 11.8 Å². The van der Waals surface area contributed by atoms with Gasteiger partial charge in [-0.3, -0.25) is 14.5 Å². The van der Waals surface area contributed by atoms with Crippen molar-refractivity contribution in [1.29, 1.82) is 0 Å². The lowest BCUT2D eigenvalue weighted by Gasteiger charge is -2.39. The molecule has 1 aromatic rings. The van der Waals surface area contributed by atoms with E-state index in [-0.39, 0.29) is 17.9 Å². The number of piperazine rings is 1. The van der Waals surface area contributed by atoms with Crippen LogP contribution < -0.4 is 0 Å². The first-order valence-corrected chi connectivity index (χ1v) is 8.34. The van der Waals surface area contributed by atoms with Crippen LogP contribution in [-0.2, 0) is 9.59 Å². The third-order valence-electron chi connectivity index (χ3n) is 4.95. The average molecular weight is 319 g/mol. The van der Waals surface area contributed by atoms with E-state index >= 15 is 0 Å². The number of carbonyl (C=O) groups excluding carboxylic acids is 2. The maximum Gasteiger partial charge on any atom is 0.237 e. The Balaban J connectivity index is 1.66. The van der Waals surface area contributed by atoms with Crippen LogP contribution in [0.4, 0.5) is 0 Å². The highest BCUT2D eigenvalue weighted by Gasteiger charge is 2.34. The van der Waals surface area contributed by atoms with Gasteiger partial charge < -0.3 is 14.2 Å². The van der Waals surface area contributed by atoms with E-state index in [4.69, 9.17) is 4.42 Å². The summed E-state index contributed by atoms with van der Waals surface area (Å²) in [5.74, 6) is 1.62. The van der Waals surface area contributed by atoms with E-state index in [0.717, 1.165) is 31.7 Å². The Bertz CT molecular complexity index is 557. The van der Waals surface area contributed by atoms with E-state index in [0.29, 0.717) is 25.6 Å². The van der Waals surface area contributed by atoms with Crippen molar-refractivity contribution in [3.63, 3.8) is 0 Å². The van der Waals surface area contributed by atoms with Gasteiger partial charge in [-0.1, -0.05) is 6.92 Å².